The summed E-state index contributed by atoms with van der Waals surface area (Å²) in [6, 6.07) is 0. The summed E-state index contributed by atoms with van der Waals surface area (Å²) < 4.78 is 4.95. The number of rotatable bonds is 4. The lowest BCUT2D eigenvalue weighted by Crippen LogP contribution is -2.49. The average molecular weight is 256 g/mol. The van der Waals surface area contributed by atoms with Crippen molar-refractivity contribution in [1.29, 1.82) is 0 Å². The summed E-state index contributed by atoms with van der Waals surface area (Å²) in [4.78, 5) is 26.2. The van der Waals surface area contributed by atoms with Gasteiger partial charge in [0.1, 0.15) is 0 Å². The third kappa shape index (κ3) is 3.13. The van der Waals surface area contributed by atoms with E-state index in [2.05, 4.69) is 4.90 Å². The molecule has 6 nitrogen and oxygen atoms in total. The number of carboxylic acid groups (broad SMARTS) is 1. The number of nitrogens with zero attached hydrogens (tertiary/aromatic N) is 2. The lowest BCUT2D eigenvalue weighted by Gasteiger charge is -2.34. The van der Waals surface area contributed by atoms with Crippen LogP contribution < -0.4 is 0 Å². The van der Waals surface area contributed by atoms with Gasteiger partial charge in [-0.15, -0.1) is 0 Å². The first kappa shape index (κ1) is 13.1. The smallest absolute Gasteiger partial charge is 0.409 e. The number of ether oxygens (including phenoxy) is 1. The second-order valence-corrected chi connectivity index (χ2v) is 4.93. The van der Waals surface area contributed by atoms with Crippen molar-refractivity contribution < 1.29 is 19.4 Å². The molecule has 102 valence electrons. The molecule has 1 aliphatic carbocycles. The van der Waals surface area contributed by atoms with Gasteiger partial charge >= 0.3 is 12.1 Å². The van der Waals surface area contributed by atoms with Crippen LogP contribution in [0.5, 0.6) is 0 Å². The molecule has 0 bridgehead atoms. The molecule has 0 aromatic rings. The van der Waals surface area contributed by atoms with Gasteiger partial charge in [-0.3, -0.25) is 9.69 Å². The zero-order chi connectivity index (χ0) is 13.1. The van der Waals surface area contributed by atoms with Crippen molar-refractivity contribution >= 4 is 12.1 Å². The molecule has 1 saturated carbocycles. The van der Waals surface area contributed by atoms with Crippen molar-refractivity contribution in [3.05, 3.63) is 0 Å². The summed E-state index contributed by atoms with van der Waals surface area (Å²) in [5.74, 6) is -0.519. The van der Waals surface area contributed by atoms with Crippen molar-refractivity contribution in [2.75, 3.05) is 39.3 Å². The fourth-order valence-electron chi connectivity index (χ4n) is 2.41. The van der Waals surface area contributed by atoms with Crippen molar-refractivity contribution in [2.45, 2.75) is 13.3 Å². The van der Waals surface area contributed by atoms with Crippen LogP contribution in [0.2, 0.25) is 0 Å². The van der Waals surface area contributed by atoms with E-state index in [1.165, 1.54) is 0 Å². The lowest BCUT2D eigenvalue weighted by atomic mass is 10.2. The molecule has 0 aromatic heterocycles. The predicted octanol–water partition coefficient (Wildman–Crippen LogP) is 0.481. The number of piperazine rings is 1. The molecule has 2 unspecified atom stereocenters. The quantitative estimate of drug-likeness (QED) is 0.792. The highest BCUT2D eigenvalue weighted by molar-refractivity contribution is 5.73. The van der Waals surface area contributed by atoms with Gasteiger partial charge in [0.15, 0.2) is 0 Å². The molecule has 18 heavy (non-hydrogen) atoms. The van der Waals surface area contributed by atoms with E-state index in [-0.39, 0.29) is 12.0 Å². The standard InChI is InChI=1S/C12H20N2O4/c1-2-18-12(17)14-5-3-13(4-6-14)8-9-7-10(9)11(15)16/h9-10H,2-8H2,1H3,(H,15,16). The number of hydrogen-bond donors (Lipinski definition) is 1. The Morgan fingerprint density at radius 3 is 2.44 bits per heavy atom. The molecule has 0 radical (unpaired) electrons. The summed E-state index contributed by atoms with van der Waals surface area (Å²) >= 11 is 0. The molecule has 1 saturated heterocycles. The molecule has 0 spiro atoms. The molecule has 2 aliphatic rings. The first-order valence-corrected chi connectivity index (χ1v) is 6.48. The molecule has 1 amide bonds. The van der Waals surface area contributed by atoms with Gasteiger partial charge in [-0.05, 0) is 19.3 Å². The Morgan fingerprint density at radius 1 is 1.28 bits per heavy atom. The largest absolute Gasteiger partial charge is 0.481 e. The maximum atomic E-state index is 11.5. The van der Waals surface area contributed by atoms with E-state index in [0.29, 0.717) is 25.6 Å². The predicted molar refractivity (Wildman–Crippen MR) is 64.3 cm³/mol. The van der Waals surface area contributed by atoms with Crippen molar-refractivity contribution in [3.63, 3.8) is 0 Å². The van der Waals surface area contributed by atoms with E-state index >= 15 is 0 Å². The van der Waals surface area contributed by atoms with Crippen LogP contribution >= 0.6 is 0 Å². The Morgan fingerprint density at radius 2 is 1.94 bits per heavy atom. The van der Waals surface area contributed by atoms with Crippen LogP contribution in [-0.2, 0) is 9.53 Å². The summed E-state index contributed by atoms with van der Waals surface area (Å²) in [5, 5.41) is 8.84. The number of hydrogen-bond acceptors (Lipinski definition) is 4. The molecule has 6 heteroatoms. The van der Waals surface area contributed by atoms with E-state index in [9.17, 15) is 9.59 Å². The topological polar surface area (TPSA) is 70.1 Å². The average Bonchev–Trinajstić information content (AvgIpc) is 3.10. The first-order valence-electron chi connectivity index (χ1n) is 6.48. The second-order valence-electron chi connectivity index (χ2n) is 4.93. The maximum Gasteiger partial charge on any atom is 0.409 e. The van der Waals surface area contributed by atoms with Crippen LogP contribution in [0.15, 0.2) is 0 Å². The van der Waals surface area contributed by atoms with Gasteiger partial charge in [-0.1, -0.05) is 0 Å². The SMILES string of the molecule is CCOC(=O)N1CCN(CC2CC2C(=O)O)CC1. The highest BCUT2D eigenvalue weighted by Gasteiger charge is 2.44. The Kier molecular flexibility index (Phi) is 4.06. The van der Waals surface area contributed by atoms with Gasteiger partial charge in [-0.2, -0.15) is 0 Å². The number of aliphatic carboxylic acids is 1. The first-order chi connectivity index (χ1) is 8.61. The maximum absolute atomic E-state index is 11.5. The Labute approximate surface area is 106 Å². The Bertz CT molecular complexity index is 326. The van der Waals surface area contributed by atoms with Crippen LogP contribution in [0.1, 0.15) is 13.3 Å². The van der Waals surface area contributed by atoms with Crippen LogP contribution in [0.25, 0.3) is 0 Å². The van der Waals surface area contributed by atoms with Crippen LogP contribution in [0.4, 0.5) is 4.79 Å². The van der Waals surface area contributed by atoms with Gasteiger partial charge in [0.05, 0.1) is 12.5 Å². The van der Waals surface area contributed by atoms with E-state index in [1.54, 1.807) is 11.8 Å². The van der Waals surface area contributed by atoms with E-state index in [0.717, 1.165) is 26.1 Å². The Hall–Kier alpha value is -1.30. The number of carbonyl (C=O) groups excluding carboxylic acids is 1. The zero-order valence-electron chi connectivity index (χ0n) is 10.7. The number of carbonyl (C=O) groups is 2. The van der Waals surface area contributed by atoms with Gasteiger partial charge < -0.3 is 14.7 Å². The van der Waals surface area contributed by atoms with Gasteiger partial charge in [-0.25, -0.2) is 4.79 Å². The van der Waals surface area contributed by atoms with Crippen LogP contribution in [0.3, 0.4) is 0 Å². The fraction of sp³-hybridized carbons (Fsp3) is 0.833. The van der Waals surface area contributed by atoms with Gasteiger partial charge in [0.25, 0.3) is 0 Å². The van der Waals surface area contributed by atoms with Crippen molar-refractivity contribution in [2.24, 2.45) is 11.8 Å². The Balaban J connectivity index is 1.68. The molecule has 1 N–H and O–H groups in total. The van der Waals surface area contributed by atoms with Crippen molar-refractivity contribution in [1.82, 2.24) is 9.80 Å². The minimum atomic E-state index is -0.676. The molecule has 1 heterocycles. The van der Waals surface area contributed by atoms with Crippen LogP contribution in [-0.4, -0.2) is 66.3 Å². The number of carboxylic acids is 1. The van der Waals surface area contributed by atoms with Crippen LogP contribution in [0, 0.1) is 11.8 Å². The number of amides is 1. The van der Waals surface area contributed by atoms with Gasteiger partial charge in [0, 0.05) is 32.7 Å². The van der Waals surface area contributed by atoms with E-state index in [1.807, 2.05) is 0 Å². The molecule has 0 aromatic carbocycles. The zero-order valence-corrected chi connectivity index (χ0v) is 10.7. The molecular formula is C12H20N2O4. The minimum Gasteiger partial charge on any atom is -0.481 e. The third-order valence-electron chi connectivity index (χ3n) is 3.63. The second kappa shape index (κ2) is 5.56. The van der Waals surface area contributed by atoms with E-state index < -0.39 is 5.97 Å². The minimum absolute atomic E-state index is 0.145. The highest BCUT2D eigenvalue weighted by atomic mass is 16.6. The summed E-state index contributed by atoms with van der Waals surface area (Å²) in [5.41, 5.74) is 0. The monoisotopic (exact) mass is 256 g/mol. The normalized spacial score (nSPS) is 27.9. The summed E-state index contributed by atoms with van der Waals surface area (Å²) in [7, 11) is 0. The molecule has 2 atom stereocenters. The van der Waals surface area contributed by atoms with E-state index in [4.69, 9.17) is 9.84 Å². The fourth-order valence-corrected chi connectivity index (χ4v) is 2.41. The highest BCUT2D eigenvalue weighted by Crippen LogP contribution is 2.39. The molecule has 2 fully saturated rings. The lowest BCUT2D eigenvalue weighted by molar-refractivity contribution is -0.138. The molecule has 2 rings (SSSR count). The van der Waals surface area contributed by atoms with Crippen molar-refractivity contribution in [3.8, 4) is 0 Å². The van der Waals surface area contributed by atoms with Gasteiger partial charge in [0.2, 0.25) is 0 Å². The summed E-state index contributed by atoms with van der Waals surface area (Å²) in [6.07, 6.45) is 0.555. The molecule has 1 aliphatic heterocycles. The molecular weight excluding hydrogens is 236 g/mol. The third-order valence-corrected chi connectivity index (χ3v) is 3.63. The summed E-state index contributed by atoms with van der Waals surface area (Å²) in [6.45, 7) is 6.00.